The van der Waals surface area contributed by atoms with Gasteiger partial charge in [0.25, 0.3) is 0 Å². The predicted octanol–water partition coefficient (Wildman–Crippen LogP) is 3.15. The van der Waals surface area contributed by atoms with Crippen molar-refractivity contribution in [2.45, 2.75) is 13.0 Å². The van der Waals surface area contributed by atoms with E-state index in [1.54, 1.807) is 11.3 Å². The Kier molecular flexibility index (Phi) is 4.36. The highest BCUT2D eigenvalue weighted by Crippen LogP contribution is 2.17. The summed E-state index contributed by atoms with van der Waals surface area (Å²) in [6, 6.07) is 4.61. The van der Waals surface area contributed by atoms with Gasteiger partial charge >= 0.3 is 0 Å². The van der Waals surface area contributed by atoms with Crippen molar-refractivity contribution in [2.24, 2.45) is 0 Å². The zero-order valence-corrected chi connectivity index (χ0v) is 8.53. The van der Waals surface area contributed by atoms with Crippen molar-refractivity contribution in [1.29, 1.82) is 0 Å². The van der Waals surface area contributed by atoms with Gasteiger partial charge in [-0.1, -0.05) is 23.7 Å². The van der Waals surface area contributed by atoms with Gasteiger partial charge in [0.05, 0.1) is 0 Å². The standard InChI is InChI=1S/C9H12ClNS/c1-8(11-6-3-5-10)9-4-2-7-12-9/h2-5,7-8,11H,6H2,1H3/b5-3+/t8-/m0/s1. The molecule has 0 bridgehead atoms. The molecule has 1 atom stereocenters. The second kappa shape index (κ2) is 5.36. The first-order valence-corrected chi connectivity index (χ1v) is 5.18. The van der Waals surface area contributed by atoms with Crippen molar-refractivity contribution < 1.29 is 0 Å². The summed E-state index contributed by atoms with van der Waals surface area (Å²) in [5.74, 6) is 0. The van der Waals surface area contributed by atoms with Crippen LogP contribution in [-0.2, 0) is 0 Å². The van der Waals surface area contributed by atoms with Gasteiger partial charge in [-0.15, -0.1) is 11.3 Å². The van der Waals surface area contributed by atoms with Crippen LogP contribution in [-0.4, -0.2) is 6.54 Å². The van der Waals surface area contributed by atoms with Crippen LogP contribution in [0.15, 0.2) is 29.1 Å². The van der Waals surface area contributed by atoms with E-state index in [0.717, 1.165) is 6.54 Å². The third-order valence-electron chi connectivity index (χ3n) is 1.60. The first-order valence-electron chi connectivity index (χ1n) is 3.86. The minimum absolute atomic E-state index is 0.415. The van der Waals surface area contributed by atoms with Crippen LogP contribution >= 0.6 is 22.9 Å². The fourth-order valence-corrected chi connectivity index (χ4v) is 1.78. The minimum atomic E-state index is 0.415. The van der Waals surface area contributed by atoms with Gasteiger partial charge in [0.1, 0.15) is 0 Å². The van der Waals surface area contributed by atoms with E-state index in [1.807, 2.05) is 6.08 Å². The molecule has 0 aliphatic heterocycles. The Morgan fingerprint density at radius 2 is 2.58 bits per heavy atom. The van der Waals surface area contributed by atoms with E-state index in [-0.39, 0.29) is 0 Å². The van der Waals surface area contributed by atoms with Gasteiger partial charge in [-0.3, -0.25) is 0 Å². The molecule has 0 unspecified atom stereocenters. The zero-order valence-electron chi connectivity index (χ0n) is 6.96. The number of hydrogen-bond acceptors (Lipinski definition) is 2. The SMILES string of the molecule is C[C@H](NC/C=C/Cl)c1cccs1. The maximum atomic E-state index is 5.39. The zero-order chi connectivity index (χ0) is 8.81. The summed E-state index contributed by atoms with van der Waals surface area (Å²) in [6.45, 7) is 2.97. The van der Waals surface area contributed by atoms with Crippen molar-refractivity contribution in [2.75, 3.05) is 6.54 Å². The summed E-state index contributed by atoms with van der Waals surface area (Å²) in [5, 5.41) is 5.41. The van der Waals surface area contributed by atoms with Gasteiger partial charge in [0.15, 0.2) is 0 Å². The van der Waals surface area contributed by atoms with E-state index in [9.17, 15) is 0 Å². The molecule has 3 heteroatoms. The fourth-order valence-electron chi connectivity index (χ4n) is 0.928. The molecule has 0 aliphatic rings. The maximum absolute atomic E-state index is 5.39. The highest BCUT2D eigenvalue weighted by atomic mass is 35.5. The number of halogens is 1. The van der Waals surface area contributed by atoms with Crippen LogP contribution in [0, 0.1) is 0 Å². The topological polar surface area (TPSA) is 12.0 Å². The Morgan fingerprint density at radius 1 is 1.75 bits per heavy atom. The Bertz CT molecular complexity index is 231. The predicted molar refractivity (Wildman–Crippen MR) is 55.7 cm³/mol. The summed E-state index contributed by atoms with van der Waals surface area (Å²) >= 11 is 7.16. The molecule has 0 amide bonds. The average Bonchev–Trinajstić information content (AvgIpc) is 2.56. The van der Waals surface area contributed by atoms with Gasteiger partial charge in [-0.05, 0) is 18.4 Å². The summed E-state index contributed by atoms with van der Waals surface area (Å²) in [4.78, 5) is 1.36. The van der Waals surface area contributed by atoms with E-state index in [0.29, 0.717) is 6.04 Å². The molecule has 1 rings (SSSR count). The molecule has 0 aromatic carbocycles. The van der Waals surface area contributed by atoms with E-state index < -0.39 is 0 Å². The molecule has 0 radical (unpaired) electrons. The van der Waals surface area contributed by atoms with Crippen molar-refractivity contribution >= 4 is 22.9 Å². The lowest BCUT2D eigenvalue weighted by Gasteiger charge is -2.08. The molecule has 0 spiro atoms. The molecule has 1 nitrogen and oxygen atoms in total. The van der Waals surface area contributed by atoms with Crippen LogP contribution < -0.4 is 5.32 Å². The molecule has 1 heterocycles. The van der Waals surface area contributed by atoms with Crippen LogP contribution in [0.25, 0.3) is 0 Å². The van der Waals surface area contributed by atoms with Gasteiger partial charge in [0.2, 0.25) is 0 Å². The molecule has 0 aliphatic carbocycles. The first-order chi connectivity index (χ1) is 5.84. The quantitative estimate of drug-likeness (QED) is 0.789. The molecule has 12 heavy (non-hydrogen) atoms. The fraction of sp³-hybridized carbons (Fsp3) is 0.333. The number of thiophene rings is 1. The highest BCUT2D eigenvalue weighted by Gasteiger charge is 2.02. The minimum Gasteiger partial charge on any atom is -0.306 e. The van der Waals surface area contributed by atoms with Gasteiger partial charge in [0, 0.05) is 23.0 Å². The van der Waals surface area contributed by atoms with Crippen LogP contribution in [0.1, 0.15) is 17.8 Å². The summed E-state index contributed by atoms with van der Waals surface area (Å²) in [6.07, 6.45) is 1.89. The van der Waals surface area contributed by atoms with Gasteiger partial charge < -0.3 is 5.32 Å². The van der Waals surface area contributed by atoms with Crippen molar-refractivity contribution in [3.63, 3.8) is 0 Å². The lowest BCUT2D eigenvalue weighted by molar-refractivity contribution is 0.627. The van der Waals surface area contributed by atoms with Crippen molar-refractivity contribution in [3.8, 4) is 0 Å². The van der Waals surface area contributed by atoms with Crippen molar-refractivity contribution in [3.05, 3.63) is 34.0 Å². The van der Waals surface area contributed by atoms with Gasteiger partial charge in [-0.2, -0.15) is 0 Å². The molecule has 1 aromatic heterocycles. The second-order valence-electron chi connectivity index (χ2n) is 2.51. The molecular formula is C9H12ClNS. The molecule has 0 saturated carbocycles. The number of rotatable bonds is 4. The van der Waals surface area contributed by atoms with Crippen LogP contribution in [0.4, 0.5) is 0 Å². The second-order valence-corrected chi connectivity index (χ2v) is 3.74. The Balaban J connectivity index is 2.34. The molecule has 0 fully saturated rings. The molecule has 1 aromatic rings. The largest absolute Gasteiger partial charge is 0.306 e. The van der Waals surface area contributed by atoms with E-state index >= 15 is 0 Å². The average molecular weight is 202 g/mol. The third-order valence-corrected chi connectivity index (χ3v) is 2.83. The molecule has 0 saturated heterocycles. The number of nitrogens with one attached hydrogen (secondary N) is 1. The third kappa shape index (κ3) is 2.97. The van der Waals surface area contributed by atoms with Gasteiger partial charge in [-0.25, -0.2) is 0 Å². The summed E-state index contributed by atoms with van der Waals surface area (Å²) < 4.78 is 0. The Hall–Kier alpha value is -0.310. The Morgan fingerprint density at radius 3 is 3.17 bits per heavy atom. The number of hydrogen-bond donors (Lipinski definition) is 1. The van der Waals surface area contributed by atoms with E-state index in [2.05, 4.69) is 29.8 Å². The monoisotopic (exact) mass is 201 g/mol. The van der Waals surface area contributed by atoms with Crippen LogP contribution in [0.5, 0.6) is 0 Å². The lowest BCUT2D eigenvalue weighted by Crippen LogP contribution is -2.17. The van der Waals surface area contributed by atoms with E-state index in [1.165, 1.54) is 10.4 Å². The first kappa shape index (κ1) is 9.78. The summed E-state index contributed by atoms with van der Waals surface area (Å²) in [5.41, 5.74) is 1.54. The normalized spacial score (nSPS) is 13.8. The summed E-state index contributed by atoms with van der Waals surface area (Å²) in [7, 11) is 0. The van der Waals surface area contributed by atoms with Crippen molar-refractivity contribution in [1.82, 2.24) is 5.32 Å². The highest BCUT2D eigenvalue weighted by molar-refractivity contribution is 7.10. The Labute approximate surface area is 82.1 Å². The van der Waals surface area contributed by atoms with Crippen LogP contribution in [0.3, 0.4) is 0 Å². The molecule has 1 N–H and O–H groups in total. The van der Waals surface area contributed by atoms with Crippen LogP contribution in [0.2, 0.25) is 0 Å². The lowest BCUT2D eigenvalue weighted by atomic mass is 10.3. The smallest absolute Gasteiger partial charge is 0.0388 e. The molecular weight excluding hydrogens is 190 g/mol. The molecule has 66 valence electrons. The van der Waals surface area contributed by atoms with E-state index in [4.69, 9.17) is 11.6 Å². The maximum Gasteiger partial charge on any atom is 0.0388 e.